The van der Waals surface area contributed by atoms with Crippen molar-refractivity contribution < 1.29 is 9.59 Å². The molecule has 0 aromatic heterocycles. The number of unbranched alkanes of at least 4 members (excludes halogenated alkanes) is 1. The monoisotopic (exact) mass is 183 g/mol. The second-order valence-electron chi connectivity index (χ2n) is 3.55. The van der Waals surface area contributed by atoms with Crippen LogP contribution in [0.5, 0.6) is 0 Å². The first kappa shape index (κ1) is 12.3. The van der Waals surface area contributed by atoms with E-state index in [0.717, 1.165) is 32.1 Å². The van der Waals surface area contributed by atoms with Gasteiger partial charge in [-0.3, -0.25) is 4.79 Å². The van der Waals surface area contributed by atoms with E-state index in [-0.39, 0.29) is 11.7 Å². The Balaban J connectivity index is 3.47. The van der Waals surface area contributed by atoms with Crippen LogP contribution in [0.15, 0.2) is 0 Å². The zero-order valence-electron chi connectivity index (χ0n) is 8.64. The number of carbonyl (C=O) groups excluding carboxylic acids is 2. The molecule has 0 aromatic carbocycles. The quantitative estimate of drug-likeness (QED) is 0.579. The third kappa shape index (κ3) is 7.69. The molecule has 0 saturated carbocycles. The molecule has 13 heavy (non-hydrogen) atoms. The summed E-state index contributed by atoms with van der Waals surface area (Å²) in [4.78, 5) is 21.1. The lowest BCUT2D eigenvalue weighted by atomic mass is 9.97. The molecular weight excluding hydrogens is 164 g/mol. The molecule has 0 spiro atoms. The molecule has 0 aromatic rings. The van der Waals surface area contributed by atoms with Crippen LogP contribution >= 0.6 is 0 Å². The molecule has 1 unspecified atom stereocenters. The van der Waals surface area contributed by atoms with E-state index in [1.165, 1.54) is 0 Å². The van der Waals surface area contributed by atoms with Crippen molar-refractivity contribution >= 4 is 12.1 Å². The van der Waals surface area contributed by atoms with E-state index in [1.54, 1.807) is 6.92 Å². The highest BCUT2D eigenvalue weighted by Gasteiger charge is 2.07. The van der Waals surface area contributed by atoms with Crippen molar-refractivity contribution in [2.45, 2.75) is 52.4 Å². The van der Waals surface area contributed by atoms with Crippen LogP contribution in [-0.4, -0.2) is 12.1 Å². The lowest BCUT2D eigenvalue weighted by Crippen LogP contribution is -2.03. The van der Waals surface area contributed by atoms with Gasteiger partial charge in [-0.25, -0.2) is 0 Å². The van der Waals surface area contributed by atoms with E-state index in [0.29, 0.717) is 6.42 Å². The Hall–Kier alpha value is -0.660. The molecule has 1 atom stereocenters. The molecule has 0 aliphatic heterocycles. The van der Waals surface area contributed by atoms with Crippen molar-refractivity contribution in [1.82, 2.24) is 0 Å². The Morgan fingerprint density at radius 3 is 2.38 bits per heavy atom. The van der Waals surface area contributed by atoms with Gasteiger partial charge >= 0.3 is 0 Å². The summed E-state index contributed by atoms with van der Waals surface area (Å²) >= 11 is 0. The van der Waals surface area contributed by atoms with Gasteiger partial charge in [0.25, 0.3) is 0 Å². The average Bonchev–Trinajstić information content (AvgIpc) is 2.10. The van der Waals surface area contributed by atoms with Gasteiger partial charge in [0.2, 0.25) is 6.29 Å². The molecule has 75 valence electrons. The van der Waals surface area contributed by atoms with Crippen molar-refractivity contribution in [3.63, 3.8) is 0 Å². The van der Waals surface area contributed by atoms with Gasteiger partial charge in [-0.05, 0) is 26.2 Å². The average molecular weight is 183 g/mol. The van der Waals surface area contributed by atoms with Crippen LogP contribution in [0.4, 0.5) is 0 Å². The summed E-state index contributed by atoms with van der Waals surface area (Å²) in [5.74, 6) is 0.263. The smallest absolute Gasteiger partial charge is 0.201 e. The molecule has 0 aliphatic rings. The maximum absolute atomic E-state index is 10.6. The minimum atomic E-state index is 0.0549. The van der Waals surface area contributed by atoms with Crippen LogP contribution in [0.3, 0.4) is 0 Å². The first-order chi connectivity index (χ1) is 6.20. The third-order valence-electron chi connectivity index (χ3n) is 2.15. The molecule has 0 N–H and O–H groups in total. The molecule has 2 heteroatoms. The Morgan fingerprint density at radius 2 is 1.92 bits per heavy atom. The largest absolute Gasteiger partial charge is 0.300 e. The van der Waals surface area contributed by atoms with Crippen molar-refractivity contribution in [3.05, 3.63) is 0 Å². The van der Waals surface area contributed by atoms with Crippen LogP contribution in [0.1, 0.15) is 52.4 Å². The van der Waals surface area contributed by atoms with Gasteiger partial charge in [-0.15, -0.1) is 0 Å². The molecule has 0 aliphatic carbocycles. The summed E-state index contributed by atoms with van der Waals surface area (Å²) in [6.07, 6.45) is 7.43. The predicted molar refractivity (Wildman–Crippen MR) is 53.2 cm³/mol. The number of hydrogen-bond acceptors (Lipinski definition) is 2. The van der Waals surface area contributed by atoms with Crippen molar-refractivity contribution in [3.8, 4) is 0 Å². The molecule has 1 radical (unpaired) electrons. The highest BCUT2D eigenvalue weighted by Crippen LogP contribution is 2.13. The summed E-state index contributed by atoms with van der Waals surface area (Å²) in [5, 5.41) is 0. The minimum Gasteiger partial charge on any atom is -0.300 e. The van der Waals surface area contributed by atoms with E-state index >= 15 is 0 Å². The second-order valence-corrected chi connectivity index (χ2v) is 3.55. The van der Waals surface area contributed by atoms with Gasteiger partial charge in [0.1, 0.15) is 5.78 Å². The Morgan fingerprint density at radius 1 is 1.31 bits per heavy atom. The molecule has 2 nitrogen and oxygen atoms in total. The van der Waals surface area contributed by atoms with Crippen molar-refractivity contribution in [1.29, 1.82) is 0 Å². The lowest BCUT2D eigenvalue weighted by molar-refractivity contribution is -0.117. The van der Waals surface area contributed by atoms with Crippen LogP contribution in [0.25, 0.3) is 0 Å². The van der Waals surface area contributed by atoms with Crippen LogP contribution in [0.2, 0.25) is 0 Å². The summed E-state index contributed by atoms with van der Waals surface area (Å²) in [6.45, 7) is 3.70. The van der Waals surface area contributed by atoms with E-state index in [1.807, 2.05) is 6.29 Å². The van der Waals surface area contributed by atoms with E-state index in [2.05, 4.69) is 6.92 Å². The highest BCUT2D eigenvalue weighted by molar-refractivity contribution is 5.75. The summed E-state index contributed by atoms with van der Waals surface area (Å²) in [5.41, 5.74) is 0. The fourth-order valence-electron chi connectivity index (χ4n) is 1.31. The molecule has 0 fully saturated rings. The Kier molecular flexibility index (Phi) is 7.56. The van der Waals surface area contributed by atoms with Crippen LogP contribution in [-0.2, 0) is 9.59 Å². The number of Topliss-reactive ketones (excluding diaryl/α,β-unsaturated/α-hetero) is 1. The van der Waals surface area contributed by atoms with Gasteiger partial charge in [0.05, 0.1) is 0 Å². The number of carbonyl (C=O) groups is 1. The third-order valence-corrected chi connectivity index (χ3v) is 2.15. The van der Waals surface area contributed by atoms with Gasteiger partial charge in [0, 0.05) is 12.3 Å². The first-order valence-electron chi connectivity index (χ1n) is 5.07. The number of ketones is 1. The topological polar surface area (TPSA) is 34.1 Å². The van der Waals surface area contributed by atoms with Gasteiger partial charge in [-0.2, -0.15) is 0 Å². The first-order valence-corrected chi connectivity index (χ1v) is 5.07. The maximum Gasteiger partial charge on any atom is 0.201 e. The minimum absolute atomic E-state index is 0.0549. The van der Waals surface area contributed by atoms with Crippen LogP contribution < -0.4 is 0 Å². The Bertz CT molecular complexity index is 152. The van der Waals surface area contributed by atoms with E-state index in [4.69, 9.17) is 0 Å². The zero-order valence-corrected chi connectivity index (χ0v) is 8.64. The van der Waals surface area contributed by atoms with Gasteiger partial charge in [0.15, 0.2) is 0 Å². The summed E-state index contributed by atoms with van der Waals surface area (Å²) < 4.78 is 0. The van der Waals surface area contributed by atoms with Gasteiger partial charge < -0.3 is 4.79 Å². The molecule has 0 bridgehead atoms. The fraction of sp³-hybridized carbons (Fsp3) is 0.818. The predicted octanol–water partition coefficient (Wildman–Crippen LogP) is 2.66. The highest BCUT2D eigenvalue weighted by atomic mass is 16.1. The summed E-state index contributed by atoms with van der Waals surface area (Å²) in [6, 6.07) is 0. The molecule has 0 amide bonds. The van der Waals surface area contributed by atoms with Gasteiger partial charge in [-0.1, -0.05) is 19.8 Å². The Labute approximate surface area is 80.7 Å². The lowest BCUT2D eigenvalue weighted by Gasteiger charge is -2.06. The maximum atomic E-state index is 10.6. The van der Waals surface area contributed by atoms with Crippen molar-refractivity contribution in [2.24, 2.45) is 5.92 Å². The molecule has 0 saturated heterocycles. The number of rotatable bonds is 8. The second kappa shape index (κ2) is 7.96. The molecular formula is C11H19O2. The van der Waals surface area contributed by atoms with E-state index < -0.39 is 0 Å². The van der Waals surface area contributed by atoms with Crippen molar-refractivity contribution in [2.75, 3.05) is 0 Å². The standard InChI is InChI=1S/C11H19O2/c1-3-4-7-11(9-12)8-5-6-10(2)13/h11H,3-8H2,1-2H3. The zero-order chi connectivity index (χ0) is 10.1. The fourth-order valence-corrected chi connectivity index (χ4v) is 1.31. The molecule has 0 rings (SSSR count). The van der Waals surface area contributed by atoms with Crippen LogP contribution in [0, 0.1) is 5.92 Å². The van der Waals surface area contributed by atoms with E-state index in [9.17, 15) is 9.59 Å². The SMILES string of the molecule is CCCCC([C]=O)CCCC(C)=O. The normalized spacial score (nSPS) is 12.5. The summed E-state index contributed by atoms with van der Waals surface area (Å²) in [7, 11) is 0. The number of hydrogen-bond donors (Lipinski definition) is 0. The molecule has 0 heterocycles.